The number of nitrogens with zero attached hydrogens (tertiary/aromatic N) is 4. The van der Waals surface area contributed by atoms with Crippen LogP contribution in [0.5, 0.6) is 0 Å². The number of amides is 1. The van der Waals surface area contributed by atoms with Gasteiger partial charge in [-0.05, 0) is 11.4 Å². The number of hydrogen-bond acceptors (Lipinski definition) is 5. The van der Waals surface area contributed by atoms with Crippen LogP contribution in [0.4, 0.5) is 0 Å². The first-order valence-corrected chi connectivity index (χ1v) is 7.58. The summed E-state index contributed by atoms with van der Waals surface area (Å²) in [4.78, 5) is 17.2. The molecule has 22 heavy (non-hydrogen) atoms. The first-order chi connectivity index (χ1) is 10.5. The molecular formula is C14H24N4O4. The molecule has 2 aliphatic rings. The zero-order valence-electron chi connectivity index (χ0n) is 13.6. The van der Waals surface area contributed by atoms with E-state index in [4.69, 9.17) is 19.7 Å². The molecule has 2 fully saturated rings. The number of rotatable bonds is 6. The second-order valence-electron chi connectivity index (χ2n) is 5.98. The van der Waals surface area contributed by atoms with Gasteiger partial charge in [-0.3, -0.25) is 4.79 Å². The van der Waals surface area contributed by atoms with Crippen molar-refractivity contribution in [3.8, 4) is 0 Å². The van der Waals surface area contributed by atoms with Gasteiger partial charge in [0, 0.05) is 32.1 Å². The average molecular weight is 312 g/mol. The van der Waals surface area contributed by atoms with Gasteiger partial charge in [-0.1, -0.05) is 25.4 Å². The lowest BCUT2D eigenvalue weighted by Gasteiger charge is -2.36. The zero-order valence-corrected chi connectivity index (χ0v) is 13.6. The lowest BCUT2D eigenvalue weighted by atomic mass is 10.0. The minimum absolute atomic E-state index is 0.0176. The van der Waals surface area contributed by atoms with Gasteiger partial charge in [0.15, 0.2) is 0 Å². The third-order valence-corrected chi connectivity index (χ3v) is 4.77. The Morgan fingerprint density at radius 1 is 1.55 bits per heavy atom. The van der Waals surface area contributed by atoms with Crippen molar-refractivity contribution in [3.63, 3.8) is 0 Å². The van der Waals surface area contributed by atoms with E-state index in [1.165, 1.54) is 14.2 Å². The maximum atomic E-state index is 12.7. The fraction of sp³-hybridized carbons (Fsp3) is 0.929. The molecule has 0 aromatic heterocycles. The van der Waals surface area contributed by atoms with Crippen LogP contribution < -0.4 is 0 Å². The number of carbonyl (C=O) groups excluding carboxylic acids is 1. The van der Waals surface area contributed by atoms with Crippen LogP contribution in [0.15, 0.2) is 5.11 Å². The van der Waals surface area contributed by atoms with Crippen molar-refractivity contribution in [1.29, 1.82) is 0 Å². The maximum Gasteiger partial charge on any atom is 0.223 e. The van der Waals surface area contributed by atoms with Crippen molar-refractivity contribution in [2.45, 2.75) is 50.7 Å². The van der Waals surface area contributed by atoms with Crippen molar-refractivity contribution in [2.24, 2.45) is 11.0 Å². The summed E-state index contributed by atoms with van der Waals surface area (Å²) in [5.74, 6) is -0.689. The Labute approximate surface area is 130 Å². The van der Waals surface area contributed by atoms with E-state index in [0.29, 0.717) is 18.9 Å². The van der Waals surface area contributed by atoms with Crippen LogP contribution in [0.2, 0.25) is 0 Å². The molecule has 0 saturated carbocycles. The molecule has 3 unspecified atom stereocenters. The SMILES string of the molecule is CCC(C)CC(=O)N1C[C@@H](N=[N+]=[N-])C2OCC(OC)(OC)C21. The van der Waals surface area contributed by atoms with E-state index < -0.39 is 24.0 Å². The molecule has 0 N–H and O–H groups in total. The number of azide groups is 1. The third-order valence-electron chi connectivity index (χ3n) is 4.77. The average Bonchev–Trinajstić information content (AvgIpc) is 3.07. The summed E-state index contributed by atoms with van der Waals surface area (Å²) in [6.45, 7) is 4.64. The summed E-state index contributed by atoms with van der Waals surface area (Å²) in [5.41, 5.74) is 8.74. The van der Waals surface area contributed by atoms with E-state index >= 15 is 0 Å². The minimum atomic E-state index is -1.00. The highest BCUT2D eigenvalue weighted by atomic mass is 16.7. The molecule has 8 heteroatoms. The van der Waals surface area contributed by atoms with Gasteiger partial charge in [-0.2, -0.15) is 0 Å². The number of methoxy groups -OCH3 is 2. The molecule has 0 aliphatic carbocycles. The fourth-order valence-corrected chi connectivity index (χ4v) is 3.22. The summed E-state index contributed by atoms with van der Waals surface area (Å²) in [5, 5.41) is 3.78. The number of likely N-dealkylation sites (tertiary alicyclic amines) is 1. The zero-order chi connectivity index (χ0) is 16.3. The first-order valence-electron chi connectivity index (χ1n) is 7.58. The van der Waals surface area contributed by atoms with Crippen LogP contribution in [-0.2, 0) is 19.0 Å². The second-order valence-corrected chi connectivity index (χ2v) is 5.98. The Hall–Kier alpha value is -1.34. The first kappa shape index (κ1) is 17.0. The molecule has 0 aromatic carbocycles. The molecule has 0 spiro atoms. The highest BCUT2D eigenvalue weighted by Crippen LogP contribution is 2.40. The van der Waals surface area contributed by atoms with Crippen molar-refractivity contribution in [3.05, 3.63) is 10.4 Å². The Kier molecular flexibility index (Phi) is 5.28. The summed E-state index contributed by atoms with van der Waals surface area (Å²) in [7, 11) is 3.07. The van der Waals surface area contributed by atoms with Crippen LogP contribution in [0.25, 0.3) is 10.4 Å². The van der Waals surface area contributed by atoms with Gasteiger partial charge in [0.2, 0.25) is 11.7 Å². The third kappa shape index (κ3) is 2.79. The normalized spacial score (nSPS) is 30.7. The predicted octanol–water partition coefficient (Wildman–Crippen LogP) is 1.70. The van der Waals surface area contributed by atoms with Crippen LogP contribution in [0, 0.1) is 5.92 Å². The van der Waals surface area contributed by atoms with Gasteiger partial charge in [-0.25, -0.2) is 0 Å². The molecular weight excluding hydrogens is 288 g/mol. The van der Waals surface area contributed by atoms with Crippen LogP contribution in [-0.4, -0.2) is 62.2 Å². The molecule has 0 bridgehead atoms. The molecule has 2 rings (SSSR count). The summed E-state index contributed by atoms with van der Waals surface area (Å²) in [6, 6.07) is -0.808. The van der Waals surface area contributed by atoms with Gasteiger partial charge < -0.3 is 19.1 Å². The number of carbonyl (C=O) groups is 1. The fourth-order valence-electron chi connectivity index (χ4n) is 3.22. The van der Waals surface area contributed by atoms with Crippen molar-refractivity contribution < 1.29 is 19.0 Å². The van der Waals surface area contributed by atoms with Gasteiger partial charge in [0.05, 0.1) is 12.1 Å². The van der Waals surface area contributed by atoms with E-state index in [0.717, 1.165) is 6.42 Å². The number of fused-ring (bicyclic) bond motifs is 1. The Bertz CT molecular complexity index is 462. The molecule has 1 amide bonds. The Balaban J connectivity index is 2.27. The molecule has 8 nitrogen and oxygen atoms in total. The number of hydrogen-bond donors (Lipinski definition) is 0. The topological polar surface area (TPSA) is 96.8 Å². The molecule has 2 heterocycles. The van der Waals surface area contributed by atoms with Gasteiger partial charge in [-0.15, -0.1) is 0 Å². The molecule has 4 atom stereocenters. The van der Waals surface area contributed by atoms with E-state index in [-0.39, 0.29) is 12.5 Å². The highest BCUT2D eigenvalue weighted by Gasteiger charge is 2.61. The summed E-state index contributed by atoms with van der Waals surface area (Å²) in [6.07, 6.45) is 0.993. The lowest BCUT2D eigenvalue weighted by molar-refractivity contribution is -0.227. The Morgan fingerprint density at radius 2 is 2.23 bits per heavy atom. The molecule has 2 aliphatic heterocycles. The lowest BCUT2D eigenvalue weighted by Crippen LogP contribution is -2.55. The van der Waals surface area contributed by atoms with Crippen LogP contribution in [0.1, 0.15) is 26.7 Å². The van der Waals surface area contributed by atoms with Crippen molar-refractivity contribution in [2.75, 3.05) is 27.4 Å². The Morgan fingerprint density at radius 3 is 2.77 bits per heavy atom. The van der Waals surface area contributed by atoms with Crippen LogP contribution >= 0.6 is 0 Å². The number of ether oxygens (including phenoxy) is 3. The van der Waals surface area contributed by atoms with E-state index in [9.17, 15) is 4.79 Å². The minimum Gasteiger partial charge on any atom is -0.370 e. The van der Waals surface area contributed by atoms with E-state index in [2.05, 4.69) is 16.9 Å². The van der Waals surface area contributed by atoms with Gasteiger partial charge in [0.1, 0.15) is 12.6 Å². The maximum absolute atomic E-state index is 12.7. The largest absolute Gasteiger partial charge is 0.370 e. The molecule has 0 aromatic rings. The molecule has 2 saturated heterocycles. The van der Waals surface area contributed by atoms with Crippen molar-refractivity contribution >= 4 is 5.91 Å². The smallest absolute Gasteiger partial charge is 0.223 e. The predicted molar refractivity (Wildman–Crippen MR) is 79.0 cm³/mol. The van der Waals surface area contributed by atoms with Crippen LogP contribution in [0.3, 0.4) is 0 Å². The summed E-state index contributed by atoms with van der Waals surface area (Å²) >= 11 is 0. The van der Waals surface area contributed by atoms with Gasteiger partial charge >= 0.3 is 0 Å². The molecule has 0 radical (unpaired) electrons. The monoisotopic (exact) mass is 312 g/mol. The second kappa shape index (κ2) is 6.83. The quantitative estimate of drug-likeness (QED) is 0.323. The van der Waals surface area contributed by atoms with Crippen molar-refractivity contribution in [1.82, 2.24) is 4.90 Å². The van der Waals surface area contributed by atoms with E-state index in [1.807, 2.05) is 6.92 Å². The highest BCUT2D eigenvalue weighted by molar-refractivity contribution is 5.77. The molecule has 124 valence electrons. The summed E-state index contributed by atoms with van der Waals surface area (Å²) < 4.78 is 16.8. The standard InChI is InChI=1S/C14H24N4O4/c1-5-9(2)6-11(19)18-7-10(16-17-15)12-13(18)14(20-3,21-4)8-22-12/h9-10,12-13H,5-8H2,1-4H3/t9?,10-,12?,13?/m1/s1. The van der Waals surface area contributed by atoms with E-state index in [1.54, 1.807) is 4.90 Å². The van der Waals surface area contributed by atoms with Gasteiger partial charge in [0.25, 0.3) is 0 Å².